The van der Waals surface area contributed by atoms with Gasteiger partial charge in [-0.05, 0) is 38.3 Å². The first-order chi connectivity index (χ1) is 14.8. The molecule has 33 heavy (non-hydrogen) atoms. The van der Waals surface area contributed by atoms with Crippen LogP contribution in [0.25, 0.3) is 0 Å². The van der Waals surface area contributed by atoms with E-state index in [4.69, 9.17) is 4.74 Å². The van der Waals surface area contributed by atoms with Crippen LogP contribution in [0.1, 0.15) is 84.0 Å². The van der Waals surface area contributed by atoms with E-state index >= 15 is 0 Å². The van der Waals surface area contributed by atoms with Crippen LogP contribution in [0.3, 0.4) is 0 Å². The fourth-order valence-electron chi connectivity index (χ4n) is 3.93. The molecule has 0 spiro atoms. The topological polar surface area (TPSA) is 9.23 Å². The minimum absolute atomic E-state index is 0. The second kappa shape index (κ2) is 21.7. The molecule has 0 fully saturated rings. The molecule has 0 atom stereocenters. The lowest BCUT2D eigenvalue weighted by atomic mass is 10.1. The summed E-state index contributed by atoms with van der Waals surface area (Å²) < 4.78 is 8.08. The Morgan fingerprint density at radius 1 is 0.545 bits per heavy atom. The molecule has 0 N–H and O–H groups in total. The van der Waals surface area contributed by atoms with Gasteiger partial charge >= 0.3 is 0 Å². The second-order valence-corrected chi connectivity index (χ2v) is 10.8. The molecule has 0 aliphatic carbocycles. The molecule has 0 radical (unpaired) electrons. The summed E-state index contributed by atoms with van der Waals surface area (Å²) in [4.78, 5) is 0. The van der Waals surface area contributed by atoms with Gasteiger partial charge in [-0.2, -0.15) is 0 Å². The normalized spacial score (nSPS) is 11.5. The lowest BCUT2D eigenvalue weighted by Crippen LogP contribution is -3.00. The van der Waals surface area contributed by atoms with Crippen LogP contribution >= 0.6 is 0 Å². The maximum absolute atomic E-state index is 5.75. The number of nitrogens with zero attached hydrogens (tertiary/aromatic N) is 2. The van der Waals surface area contributed by atoms with Crippen LogP contribution in [0, 0.1) is 0 Å². The van der Waals surface area contributed by atoms with Crippen molar-refractivity contribution in [1.82, 2.24) is 0 Å². The van der Waals surface area contributed by atoms with Crippen molar-refractivity contribution in [3.8, 4) is 5.75 Å². The molecule has 0 saturated carbocycles. The zero-order chi connectivity index (χ0) is 22.8. The van der Waals surface area contributed by atoms with Crippen molar-refractivity contribution in [2.24, 2.45) is 0 Å². The minimum Gasteiger partial charge on any atom is -1.00 e. The highest BCUT2D eigenvalue weighted by molar-refractivity contribution is 5.20. The molecule has 196 valence electrons. The van der Waals surface area contributed by atoms with Gasteiger partial charge in [-0.25, -0.2) is 0 Å². The molecule has 0 unspecified atom stereocenters. The van der Waals surface area contributed by atoms with Crippen LogP contribution in [0.2, 0.25) is 0 Å². The number of hydrogen-bond acceptors (Lipinski definition) is 1. The molecule has 0 aromatic heterocycles. The van der Waals surface area contributed by atoms with Gasteiger partial charge in [0.05, 0.1) is 47.9 Å². The van der Waals surface area contributed by atoms with Gasteiger partial charge in [-0.15, -0.1) is 0 Å². The molecule has 1 aromatic rings. The summed E-state index contributed by atoms with van der Waals surface area (Å²) in [5.74, 6) is 1.00. The SMILES string of the molecule is CC[N+](C)(C)CC[N+](C)(C)CCCCCCCCCCCCCCOc1ccccc1.[I-].[I-]. The van der Waals surface area contributed by atoms with Gasteiger partial charge in [-0.3, -0.25) is 0 Å². The average molecular weight is 689 g/mol. The lowest BCUT2D eigenvalue weighted by molar-refractivity contribution is -0.945. The quantitative estimate of drug-likeness (QED) is 0.113. The Morgan fingerprint density at radius 3 is 1.45 bits per heavy atom. The molecule has 3 nitrogen and oxygen atoms in total. The first-order valence-corrected chi connectivity index (χ1v) is 13.2. The smallest absolute Gasteiger partial charge is 0.128 e. The van der Waals surface area contributed by atoms with Crippen molar-refractivity contribution in [1.29, 1.82) is 0 Å². The Bertz CT molecular complexity index is 538. The molecule has 1 rings (SSSR count). The van der Waals surface area contributed by atoms with Crippen LogP contribution in [-0.4, -0.2) is 69.9 Å². The number of para-hydroxylation sites is 1. The van der Waals surface area contributed by atoms with Gasteiger partial charge in [0.1, 0.15) is 18.8 Å². The van der Waals surface area contributed by atoms with Gasteiger partial charge in [0.2, 0.25) is 0 Å². The Hall–Kier alpha value is 0.400. The molecule has 0 aliphatic heterocycles. The van der Waals surface area contributed by atoms with Crippen molar-refractivity contribution < 1.29 is 61.7 Å². The van der Waals surface area contributed by atoms with E-state index in [2.05, 4.69) is 35.1 Å². The third-order valence-electron chi connectivity index (χ3n) is 6.84. The van der Waals surface area contributed by atoms with Gasteiger partial charge in [0.25, 0.3) is 0 Å². The fourth-order valence-corrected chi connectivity index (χ4v) is 3.93. The molecule has 0 amide bonds. The maximum Gasteiger partial charge on any atom is 0.128 e. The van der Waals surface area contributed by atoms with E-state index in [-0.39, 0.29) is 48.0 Å². The van der Waals surface area contributed by atoms with Crippen molar-refractivity contribution in [3.05, 3.63) is 30.3 Å². The van der Waals surface area contributed by atoms with Crippen molar-refractivity contribution >= 4 is 0 Å². The number of ether oxygens (including phenoxy) is 1. The molecule has 0 bridgehead atoms. The van der Waals surface area contributed by atoms with E-state index in [1.807, 2.05) is 30.3 Å². The largest absolute Gasteiger partial charge is 1.00 e. The van der Waals surface area contributed by atoms with E-state index in [9.17, 15) is 0 Å². The summed E-state index contributed by atoms with van der Waals surface area (Å²) >= 11 is 0. The van der Waals surface area contributed by atoms with Gasteiger partial charge in [0, 0.05) is 0 Å². The summed E-state index contributed by atoms with van der Waals surface area (Å²) in [6.45, 7) is 8.29. The van der Waals surface area contributed by atoms with E-state index in [0.717, 1.165) is 16.8 Å². The number of quaternary nitrogens is 2. The van der Waals surface area contributed by atoms with Gasteiger partial charge in [0.15, 0.2) is 0 Å². The summed E-state index contributed by atoms with van der Waals surface area (Å²) in [6.07, 6.45) is 16.6. The molecule has 0 aliphatic rings. The van der Waals surface area contributed by atoms with Crippen LogP contribution in [-0.2, 0) is 0 Å². The molecule has 0 heterocycles. The Balaban J connectivity index is 0. The third kappa shape index (κ3) is 21.4. The summed E-state index contributed by atoms with van der Waals surface area (Å²) in [6, 6.07) is 10.2. The minimum atomic E-state index is 0. The highest BCUT2D eigenvalue weighted by atomic mass is 127. The van der Waals surface area contributed by atoms with Crippen molar-refractivity contribution in [2.75, 3.05) is 61.0 Å². The first-order valence-electron chi connectivity index (χ1n) is 13.2. The second-order valence-electron chi connectivity index (χ2n) is 10.8. The molecule has 5 heteroatoms. The highest BCUT2D eigenvalue weighted by Crippen LogP contribution is 2.14. The standard InChI is InChI=1S/C28H54N2O.2HI/c1-6-29(2,3)25-26-30(4,5)24-20-15-13-11-9-7-8-10-12-14-16-21-27-31-28-22-18-17-19-23-28;;/h17-19,22-23H,6-16,20-21,24-27H2,1-5H3;2*1H/q+2;;/p-2. The predicted octanol–water partition coefficient (Wildman–Crippen LogP) is 0.927. The molecular weight excluding hydrogens is 634 g/mol. The van der Waals surface area contributed by atoms with Crippen LogP contribution in [0.5, 0.6) is 5.75 Å². The van der Waals surface area contributed by atoms with Crippen molar-refractivity contribution in [3.63, 3.8) is 0 Å². The zero-order valence-electron chi connectivity index (χ0n) is 22.5. The van der Waals surface area contributed by atoms with Crippen molar-refractivity contribution in [2.45, 2.75) is 84.0 Å². The zero-order valence-corrected chi connectivity index (χ0v) is 26.8. The molecule has 1 aromatic carbocycles. The van der Waals surface area contributed by atoms with Crippen LogP contribution in [0.15, 0.2) is 30.3 Å². The Labute approximate surface area is 241 Å². The predicted molar refractivity (Wildman–Crippen MR) is 137 cm³/mol. The summed E-state index contributed by atoms with van der Waals surface area (Å²) in [5, 5.41) is 0. The van der Waals surface area contributed by atoms with Crippen LogP contribution < -0.4 is 52.7 Å². The number of rotatable bonds is 20. The van der Waals surface area contributed by atoms with E-state index in [1.165, 1.54) is 108 Å². The van der Waals surface area contributed by atoms with Crippen LogP contribution in [0.4, 0.5) is 0 Å². The maximum atomic E-state index is 5.75. The fraction of sp³-hybridized carbons (Fsp3) is 0.786. The molecular formula is C28H54I2N2O. The number of benzene rings is 1. The van der Waals surface area contributed by atoms with E-state index < -0.39 is 0 Å². The molecule has 0 saturated heterocycles. The highest BCUT2D eigenvalue weighted by Gasteiger charge is 2.20. The number of unbranched alkanes of at least 4 members (excludes halogenated alkanes) is 11. The average Bonchev–Trinajstić information content (AvgIpc) is 2.76. The number of likely N-dealkylation sites (N-methyl/N-ethyl adjacent to an activating group) is 2. The van der Waals surface area contributed by atoms with E-state index in [1.54, 1.807) is 0 Å². The monoisotopic (exact) mass is 688 g/mol. The summed E-state index contributed by atoms with van der Waals surface area (Å²) in [5.41, 5.74) is 0. The van der Waals surface area contributed by atoms with E-state index in [0.29, 0.717) is 0 Å². The first kappa shape index (κ1) is 35.6. The van der Waals surface area contributed by atoms with Gasteiger partial charge in [-0.1, -0.05) is 76.0 Å². The summed E-state index contributed by atoms with van der Waals surface area (Å²) in [7, 11) is 9.52. The Kier molecular flexibility index (Phi) is 23.3. The van der Waals surface area contributed by atoms with Gasteiger partial charge < -0.3 is 61.7 Å². The third-order valence-corrected chi connectivity index (χ3v) is 6.84. The number of halogens is 2. The Morgan fingerprint density at radius 2 is 0.970 bits per heavy atom. The number of hydrogen-bond donors (Lipinski definition) is 0. The lowest BCUT2D eigenvalue weighted by Gasteiger charge is -2.35.